The molecule has 0 saturated carbocycles. The second-order valence-corrected chi connectivity index (χ2v) is 10.2. The third-order valence-electron chi connectivity index (χ3n) is 7.14. The molecule has 2 unspecified atom stereocenters. The Kier molecular flexibility index (Phi) is 7.13. The van der Waals surface area contributed by atoms with Crippen LogP contribution in [0.5, 0.6) is 0 Å². The third kappa shape index (κ3) is 5.33. The summed E-state index contributed by atoms with van der Waals surface area (Å²) in [5.41, 5.74) is 2.90. The molecule has 0 bridgehead atoms. The van der Waals surface area contributed by atoms with E-state index in [0.717, 1.165) is 24.3 Å². The van der Waals surface area contributed by atoms with Gasteiger partial charge in [0.25, 0.3) is 5.91 Å². The molecule has 8 nitrogen and oxygen atoms in total. The van der Waals surface area contributed by atoms with E-state index in [-0.39, 0.29) is 11.8 Å². The van der Waals surface area contributed by atoms with E-state index in [4.69, 9.17) is 5.10 Å². The van der Waals surface area contributed by atoms with E-state index in [1.165, 1.54) is 6.42 Å². The maximum Gasteiger partial charge on any atom is 0.257 e. The number of hydrogen-bond acceptors (Lipinski definition) is 5. The highest BCUT2D eigenvalue weighted by Crippen LogP contribution is 2.25. The number of para-hydroxylation sites is 1. The number of amides is 2. The molecule has 5 rings (SSSR count). The minimum absolute atomic E-state index is 0.0410. The first kappa shape index (κ1) is 24.2. The lowest BCUT2D eigenvalue weighted by molar-refractivity contribution is -0.135. The number of piperidine rings is 1. The van der Waals surface area contributed by atoms with Gasteiger partial charge in [0.05, 0.1) is 17.8 Å². The Morgan fingerprint density at radius 1 is 0.917 bits per heavy atom. The van der Waals surface area contributed by atoms with Crippen molar-refractivity contribution < 1.29 is 9.59 Å². The molecule has 2 amide bonds. The monoisotopic (exact) mass is 486 g/mol. The van der Waals surface area contributed by atoms with Crippen LogP contribution in [0.15, 0.2) is 61.1 Å². The SMILES string of the molecule is CC1CC(C)CN(C(=O)CN2CCN(C(=O)c3cn(-c4ccccc4)nc3-c3cccnc3)CC2)C1. The van der Waals surface area contributed by atoms with E-state index in [9.17, 15) is 9.59 Å². The summed E-state index contributed by atoms with van der Waals surface area (Å²) in [6.07, 6.45) is 6.45. The number of carbonyl (C=O) groups is 2. The second-order valence-electron chi connectivity index (χ2n) is 10.2. The number of hydrogen-bond donors (Lipinski definition) is 0. The van der Waals surface area contributed by atoms with Gasteiger partial charge in [-0.1, -0.05) is 32.0 Å². The van der Waals surface area contributed by atoms with E-state index in [2.05, 4.69) is 23.7 Å². The zero-order valence-corrected chi connectivity index (χ0v) is 21.1. The molecule has 2 aliphatic heterocycles. The normalized spacial score (nSPS) is 20.9. The fourth-order valence-electron chi connectivity index (χ4n) is 5.40. The first-order valence-electron chi connectivity index (χ1n) is 12.8. The second kappa shape index (κ2) is 10.6. The van der Waals surface area contributed by atoms with Crippen molar-refractivity contribution in [2.75, 3.05) is 45.8 Å². The van der Waals surface area contributed by atoms with E-state index in [0.29, 0.717) is 55.8 Å². The average Bonchev–Trinajstić information content (AvgIpc) is 3.35. The van der Waals surface area contributed by atoms with Crippen LogP contribution < -0.4 is 0 Å². The number of aromatic nitrogens is 3. The number of benzene rings is 1. The lowest BCUT2D eigenvalue weighted by Crippen LogP contribution is -2.53. The Labute approximate surface area is 212 Å². The zero-order chi connectivity index (χ0) is 25.1. The molecule has 0 aliphatic carbocycles. The molecule has 0 N–H and O–H groups in total. The molecule has 2 atom stereocenters. The van der Waals surface area contributed by atoms with Crippen molar-refractivity contribution >= 4 is 11.8 Å². The van der Waals surface area contributed by atoms with Gasteiger partial charge in [-0.2, -0.15) is 5.10 Å². The molecule has 1 aromatic carbocycles. The number of rotatable bonds is 5. The quantitative estimate of drug-likeness (QED) is 0.554. The highest BCUT2D eigenvalue weighted by Gasteiger charge is 2.30. The van der Waals surface area contributed by atoms with Gasteiger partial charge in [0.15, 0.2) is 0 Å². The summed E-state index contributed by atoms with van der Waals surface area (Å²) in [4.78, 5) is 36.9. The Morgan fingerprint density at radius 3 is 2.31 bits per heavy atom. The van der Waals surface area contributed by atoms with Crippen LogP contribution in [0.2, 0.25) is 0 Å². The van der Waals surface area contributed by atoms with Crippen molar-refractivity contribution in [3.05, 3.63) is 66.6 Å². The molecular weight excluding hydrogens is 452 g/mol. The van der Waals surface area contributed by atoms with Crippen LogP contribution >= 0.6 is 0 Å². The predicted octanol–water partition coefficient (Wildman–Crippen LogP) is 3.20. The van der Waals surface area contributed by atoms with Crippen molar-refractivity contribution in [1.82, 2.24) is 29.5 Å². The van der Waals surface area contributed by atoms with Crippen molar-refractivity contribution in [1.29, 1.82) is 0 Å². The number of piperazine rings is 1. The van der Waals surface area contributed by atoms with E-state index in [1.807, 2.05) is 58.5 Å². The fourth-order valence-corrected chi connectivity index (χ4v) is 5.40. The summed E-state index contributed by atoms with van der Waals surface area (Å²) in [7, 11) is 0. The van der Waals surface area contributed by atoms with Gasteiger partial charge >= 0.3 is 0 Å². The Hall–Kier alpha value is -3.52. The standard InChI is InChI=1S/C28H34N6O2/c1-21-15-22(2)18-33(17-21)26(35)20-31-11-13-32(14-12-31)28(36)25-19-34(24-8-4-3-5-9-24)30-27(25)23-7-6-10-29-16-23/h3-10,16,19,21-22H,11-15,17-18,20H2,1-2H3. The molecule has 2 aliphatic rings. The minimum atomic E-state index is -0.0410. The molecule has 188 valence electrons. The maximum absolute atomic E-state index is 13.6. The highest BCUT2D eigenvalue weighted by atomic mass is 16.2. The summed E-state index contributed by atoms with van der Waals surface area (Å²) in [5.74, 6) is 1.27. The van der Waals surface area contributed by atoms with Crippen LogP contribution in [-0.2, 0) is 4.79 Å². The summed E-state index contributed by atoms with van der Waals surface area (Å²) in [6.45, 7) is 9.11. The van der Waals surface area contributed by atoms with Gasteiger partial charge in [-0.25, -0.2) is 4.68 Å². The summed E-state index contributed by atoms with van der Waals surface area (Å²) in [6, 6.07) is 13.6. The molecule has 4 heterocycles. The van der Waals surface area contributed by atoms with E-state index >= 15 is 0 Å². The van der Waals surface area contributed by atoms with Gasteiger partial charge in [-0.05, 0) is 42.5 Å². The molecular formula is C28H34N6O2. The van der Waals surface area contributed by atoms with Crippen LogP contribution in [0, 0.1) is 11.8 Å². The van der Waals surface area contributed by atoms with E-state index in [1.54, 1.807) is 17.1 Å². The predicted molar refractivity (Wildman–Crippen MR) is 139 cm³/mol. The van der Waals surface area contributed by atoms with Crippen LogP contribution in [0.25, 0.3) is 16.9 Å². The third-order valence-corrected chi connectivity index (χ3v) is 7.14. The number of carbonyl (C=O) groups excluding carboxylic acids is 2. The van der Waals surface area contributed by atoms with Crippen LogP contribution in [0.3, 0.4) is 0 Å². The smallest absolute Gasteiger partial charge is 0.257 e. The first-order valence-corrected chi connectivity index (χ1v) is 12.8. The zero-order valence-electron chi connectivity index (χ0n) is 21.1. The Bertz CT molecular complexity index is 1180. The topological polar surface area (TPSA) is 74.6 Å². The lowest BCUT2D eigenvalue weighted by Gasteiger charge is -2.38. The highest BCUT2D eigenvalue weighted by molar-refractivity contribution is 6.00. The van der Waals surface area contributed by atoms with Crippen LogP contribution in [0.1, 0.15) is 30.6 Å². The molecule has 0 radical (unpaired) electrons. The van der Waals surface area contributed by atoms with Crippen molar-refractivity contribution in [2.45, 2.75) is 20.3 Å². The molecule has 3 aromatic rings. The van der Waals surface area contributed by atoms with Gasteiger partial charge in [-0.15, -0.1) is 0 Å². The average molecular weight is 487 g/mol. The molecule has 0 spiro atoms. The number of likely N-dealkylation sites (tertiary alicyclic amines) is 1. The van der Waals surface area contributed by atoms with E-state index < -0.39 is 0 Å². The largest absolute Gasteiger partial charge is 0.341 e. The van der Waals surface area contributed by atoms with Gasteiger partial charge in [-0.3, -0.25) is 19.5 Å². The molecule has 2 aromatic heterocycles. The maximum atomic E-state index is 13.6. The van der Waals surface area contributed by atoms with Crippen LogP contribution in [-0.4, -0.2) is 87.1 Å². The minimum Gasteiger partial charge on any atom is -0.341 e. The Morgan fingerprint density at radius 2 is 1.64 bits per heavy atom. The Balaban J connectivity index is 1.27. The van der Waals surface area contributed by atoms with Gasteiger partial charge in [0, 0.05) is 63.4 Å². The summed E-state index contributed by atoms with van der Waals surface area (Å²) >= 11 is 0. The molecule has 2 fully saturated rings. The summed E-state index contributed by atoms with van der Waals surface area (Å²) < 4.78 is 1.76. The first-order chi connectivity index (χ1) is 17.5. The van der Waals surface area contributed by atoms with Gasteiger partial charge < -0.3 is 9.80 Å². The van der Waals surface area contributed by atoms with Crippen LogP contribution in [0.4, 0.5) is 0 Å². The van der Waals surface area contributed by atoms with Crippen molar-refractivity contribution in [3.63, 3.8) is 0 Å². The number of nitrogens with zero attached hydrogens (tertiary/aromatic N) is 6. The molecule has 36 heavy (non-hydrogen) atoms. The van der Waals surface area contributed by atoms with Gasteiger partial charge in [0.2, 0.25) is 5.91 Å². The van der Waals surface area contributed by atoms with Crippen molar-refractivity contribution in [2.24, 2.45) is 11.8 Å². The number of pyridine rings is 1. The summed E-state index contributed by atoms with van der Waals surface area (Å²) in [5, 5.41) is 4.75. The fraction of sp³-hybridized carbons (Fsp3) is 0.429. The molecule has 8 heteroatoms. The van der Waals surface area contributed by atoms with Crippen molar-refractivity contribution in [3.8, 4) is 16.9 Å². The molecule has 2 saturated heterocycles. The van der Waals surface area contributed by atoms with Gasteiger partial charge in [0.1, 0.15) is 5.69 Å². The lowest BCUT2D eigenvalue weighted by atomic mass is 9.92.